The van der Waals surface area contributed by atoms with Crippen molar-refractivity contribution in [3.8, 4) is 11.5 Å². The molecule has 1 aromatic carbocycles. The number of nitrogens with one attached hydrogen (secondary N) is 1. The Morgan fingerprint density at radius 1 is 1.32 bits per heavy atom. The second-order valence-electron chi connectivity index (χ2n) is 10.4. The van der Waals surface area contributed by atoms with E-state index in [-0.39, 0.29) is 23.1 Å². The van der Waals surface area contributed by atoms with Crippen molar-refractivity contribution in [3.05, 3.63) is 52.1 Å². The van der Waals surface area contributed by atoms with Crippen LogP contribution < -0.4 is 10.1 Å². The third kappa shape index (κ3) is 2.98. The summed E-state index contributed by atoms with van der Waals surface area (Å²) in [6.07, 6.45) is 2.71. The van der Waals surface area contributed by atoms with Gasteiger partial charge in [-0.1, -0.05) is 6.07 Å². The van der Waals surface area contributed by atoms with Crippen LogP contribution in [0.25, 0.3) is 0 Å². The number of aliphatic hydroxyl groups is 2. The first kappa shape index (κ1) is 21.9. The largest absolute Gasteiger partial charge is 0.508 e. The van der Waals surface area contributed by atoms with Gasteiger partial charge in [0.2, 0.25) is 0 Å². The van der Waals surface area contributed by atoms with Crippen LogP contribution in [0.4, 0.5) is 5.00 Å². The molecular formula is C26H30N2O5S. The van der Waals surface area contributed by atoms with E-state index in [1.807, 2.05) is 24.4 Å². The van der Waals surface area contributed by atoms with E-state index >= 15 is 0 Å². The summed E-state index contributed by atoms with van der Waals surface area (Å²) in [6.45, 7) is 5.13. The molecule has 8 heteroatoms. The van der Waals surface area contributed by atoms with E-state index in [0.29, 0.717) is 29.5 Å². The van der Waals surface area contributed by atoms with Crippen LogP contribution >= 0.6 is 11.3 Å². The number of aliphatic hydroxyl groups excluding tert-OH is 1. The van der Waals surface area contributed by atoms with E-state index in [0.717, 1.165) is 24.2 Å². The smallest absolute Gasteiger partial charge is 0.255 e. The first-order valence-corrected chi connectivity index (χ1v) is 12.8. The zero-order chi connectivity index (χ0) is 23.8. The van der Waals surface area contributed by atoms with Gasteiger partial charge in [0.25, 0.3) is 5.91 Å². The van der Waals surface area contributed by atoms with Crippen LogP contribution in [0.2, 0.25) is 0 Å². The number of rotatable bonds is 5. The van der Waals surface area contributed by atoms with Crippen LogP contribution in [0.15, 0.2) is 41.0 Å². The Balaban J connectivity index is 1.45. The summed E-state index contributed by atoms with van der Waals surface area (Å²) in [7, 11) is 0. The standard InChI is InChI=1S/C26H30N2O5S/c1-14(24(31)27-19-4-3-11-34-19)21(30)23-26-9-10-28(13-15-5-6-15)18(25(26,2)32)12-16-7-8-17(29)22(33-23)20(16)26/h3-4,7-8,11,15,18,23,29-30,32H,5-6,9-10,12-13H2,1-2H3,(H,27,31)/b21-14-/t18-,23+,25-,26+/m1/s1. The van der Waals surface area contributed by atoms with E-state index < -0.39 is 23.0 Å². The van der Waals surface area contributed by atoms with Crippen LogP contribution in [0.5, 0.6) is 11.5 Å². The van der Waals surface area contributed by atoms with Gasteiger partial charge in [-0.2, -0.15) is 0 Å². The van der Waals surface area contributed by atoms with Crippen LogP contribution in [-0.4, -0.2) is 57.0 Å². The molecule has 2 fully saturated rings. The Kier molecular flexibility index (Phi) is 4.82. The maximum Gasteiger partial charge on any atom is 0.255 e. The van der Waals surface area contributed by atoms with Crippen molar-refractivity contribution in [1.29, 1.82) is 0 Å². The van der Waals surface area contributed by atoms with E-state index in [1.165, 1.54) is 24.2 Å². The fourth-order valence-electron chi connectivity index (χ4n) is 6.44. The minimum atomic E-state index is -1.23. The topological polar surface area (TPSA) is 102 Å². The number of fused-ring (bicyclic) bond motifs is 1. The second-order valence-corrected chi connectivity index (χ2v) is 11.4. The molecule has 2 aliphatic carbocycles. The number of anilines is 1. The molecule has 2 bridgehead atoms. The van der Waals surface area contributed by atoms with Gasteiger partial charge in [-0.15, -0.1) is 11.3 Å². The molecule has 2 aliphatic heterocycles. The number of amides is 1. The summed E-state index contributed by atoms with van der Waals surface area (Å²) in [5.41, 5.74) is -0.243. The summed E-state index contributed by atoms with van der Waals surface area (Å²) in [5, 5.41) is 39.7. The summed E-state index contributed by atoms with van der Waals surface area (Å²) in [4.78, 5) is 15.3. The quantitative estimate of drug-likeness (QED) is 0.383. The van der Waals surface area contributed by atoms with Gasteiger partial charge in [0, 0.05) is 18.2 Å². The molecule has 0 unspecified atom stereocenters. The number of hydrogen-bond donors (Lipinski definition) is 4. The van der Waals surface area contributed by atoms with Gasteiger partial charge in [-0.3, -0.25) is 9.69 Å². The molecule has 1 aromatic heterocycles. The fourth-order valence-corrected chi connectivity index (χ4v) is 7.05. The molecule has 7 nitrogen and oxygen atoms in total. The number of carbonyl (C=O) groups excluding carboxylic acids is 1. The first-order valence-electron chi connectivity index (χ1n) is 12.0. The van der Waals surface area contributed by atoms with Crippen molar-refractivity contribution in [2.24, 2.45) is 5.92 Å². The molecule has 1 saturated heterocycles. The van der Waals surface area contributed by atoms with Crippen molar-refractivity contribution < 1.29 is 24.9 Å². The van der Waals surface area contributed by atoms with E-state index in [4.69, 9.17) is 4.74 Å². The molecule has 1 spiro atoms. The van der Waals surface area contributed by atoms with Gasteiger partial charge in [-0.05, 0) is 81.1 Å². The van der Waals surface area contributed by atoms with E-state index in [2.05, 4.69) is 10.2 Å². The van der Waals surface area contributed by atoms with Crippen molar-refractivity contribution in [2.45, 2.75) is 62.7 Å². The molecule has 4 N–H and O–H groups in total. The minimum Gasteiger partial charge on any atom is -0.508 e. The number of likely N-dealkylation sites (tertiary alicyclic amines) is 1. The Labute approximate surface area is 202 Å². The second kappa shape index (κ2) is 7.47. The Morgan fingerprint density at radius 2 is 2.12 bits per heavy atom. The number of hydrogen-bond acceptors (Lipinski definition) is 7. The average Bonchev–Trinajstić information content (AvgIpc) is 3.32. The molecule has 4 aliphatic rings. The van der Waals surface area contributed by atoms with Gasteiger partial charge in [0.1, 0.15) is 5.76 Å². The number of benzene rings is 1. The zero-order valence-corrected chi connectivity index (χ0v) is 20.2. The summed E-state index contributed by atoms with van der Waals surface area (Å²) < 4.78 is 6.26. The maximum absolute atomic E-state index is 12.9. The van der Waals surface area contributed by atoms with Gasteiger partial charge in [-0.25, -0.2) is 0 Å². The molecular weight excluding hydrogens is 452 g/mol. The van der Waals surface area contributed by atoms with Gasteiger partial charge in [0.15, 0.2) is 17.6 Å². The lowest BCUT2D eigenvalue weighted by Crippen LogP contribution is -2.73. The van der Waals surface area contributed by atoms with Crippen LogP contribution in [0.3, 0.4) is 0 Å². The van der Waals surface area contributed by atoms with E-state index in [9.17, 15) is 20.1 Å². The molecule has 4 atom stereocenters. The fraction of sp³-hybridized carbons (Fsp3) is 0.500. The number of carbonyl (C=O) groups is 1. The predicted octanol–water partition coefficient (Wildman–Crippen LogP) is 3.71. The number of ether oxygens (including phenoxy) is 1. The third-order valence-corrected chi connectivity index (χ3v) is 9.26. The lowest BCUT2D eigenvalue weighted by Gasteiger charge is -2.59. The molecule has 180 valence electrons. The molecule has 2 aromatic rings. The highest BCUT2D eigenvalue weighted by Crippen LogP contribution is 2.63. The minimum absolute atomic E-state index is 0.0104. The number of phenols is 1. The number of thiophene rings is 1. The molecule has 0 radical (unpaired) electrons. The number of phenolic OH excluding ortho intramolecular Hbond substituents is 1. The Morgan fingerprint density at radius 3 is 2.82 bits per heavy atom. The summed E-state index contributed by atoms with van der Waals surface area (Å²) in [6, 6.07) is 7.04. The normalized spacial score (nSPS) is 32.6. The number of nitrogens with zero attached hydrogens (tertiary/aromatic N) is 1. The lowest BCUT2D eigenvalue weighted by atomic mass is 9.53. The first-order chi connectivity index (χ1) is 16.2. The van der Waals surface area contributed by atoms with Crippen LogP contribution in [0.1, 0.15) is 44.2 Å². The van der Waals surface area contributed by atoms with Crippen molar-refractivity contribution >= 4 is 22.2 Å². The molecule has 6 rings (SSSR count). The summed E-state index contributed by atoms with van der Waals surface area (Å²) >= 11 is 1.40. The third-order valence-electron chi connectivity index (χ3n) is 8.47. The SMILES string of the molecule is C/C(C(=O)Nc1cccs1)=C(/O)[C@@H]1Oc2c(O)ccc3c2[C@@]12CCN(CC1CC1)[C@H](C3)[C@@]2(C)O. The summed E-state index contributed by atoms with van der Waals surface area (Å²) in [5.74, 6) is 0.373. The zero-order valence-electron chi connectivity index (χ0n) is 19.4. The van der Waals surface area contributed by atoms with Crippen molar-refractivity contribution in [3.63, 3.8) is 0 Å². The highest BCUT2D eigenvalue weighted by Gasteiger charge is 2.69. The molecule has 1 amide bonds. The Bertz CT molecular complexity index is 1190. The monoisotopic (exact) mass is 482 g/mol. The van der Waals surface area contributed by atoms with E-state index in [1.54, 1.807) is 19.1 Å². The molecule has 1 saturated carbocycles. The van der Waals surface area contributed by atoms with Crippen LogP contribution in [-0.2, 0) is 16.6 Å². The predicted molar refractivity (Wildman–Crippen MR) is 130 cm³/mol. The highest BCUT2D eigenvalue weighted by atomic mass is 32.1. The molecule has 34 heavy (non-hydrogen) atoms. The molecule has 3 heterocycles. The maximum atomic E-state index is 12.9. The number of piperidine rings is 1. The highest BCUT2D eigenvalue weighted by molar-refractivity contribution is 7.14. The van der Waals surface area contributed by atoms with Crippen molar-refractivity contribution in [1.82, 2.24) is 4.90 Å². The van der Waals surface area contributed by atoms with Gasteiger partial charge in [0.05, 0.1) is 21.6 Å². The number of aromatic hydroxyl groups is 1. The average molecular weight is 483 g/mol. The Hall–Kier alpha value is -2.55. The van der Waals surface area contributed by atoms with Crippen LogP contribution in [0, 0.1) is 5.92 Å². The lowest BCUT2D eigenvalue weighted by molar-refractivity contribution is -0.153. The van der Waals surface area contributed by atoms with Gasteiger partial charge < -0.3 is 25.4 Å². The van der Waals surface area contributed by atoms with Crippen molar-refractivity contribution in [2.75, 3.05) is 18.4 Å². The van der Waals surface area contributed by atoms with Gasteiger partial charge >= 0.3 is 0 Å².